The average molecular weight is 312 g/mol. The molecule has 6 heteroatoms. The van der Waals surface area contributed by atoms with Gasteiger partial charge < -0.3 is 10.6 Å². The molecule has 3 aromatic rings. The van der Waals surface area contributed by atoms with Crippen molar-refractivity contribution in [1.29, 1.82) is 0 Å². The molecular weight excluding hydrogens is 296 g/mol. The third-order valence-electron chi connectivity index (χ3n) is 3.92. The molecule has 1 aromatic carbocycles. The number of hydrogen-bond acceptors (Lipinski definition) is 4. The Morgan fingerprint density at radius 2 is 2.23 bits per heavy atom. The van der Waals surface area contributed by atoms with E-state index in [4.69, 9.17) is 0 Å². The molecule has 5 nitrogen and oxygen atoms in total. The van der Waals surface area contributed by atoms with E-state index in [1.54, 1.807) is 11.3 Å². The fraction of sp³-hybridized carbons (Fsp3) is 0.250. The summed E-state index contributed by atoms with van der Waals surface area (Å²) in [6.45, 7) is 0.925. The van der Waals surface area contributed by atoms with Crippen LogP contribution >= 0.6 is 11.3 Å². The molecule has 2 aromatic heterocycles. The van der Waals surface area contributed by atoms with Crippen molar-refractivity contribution in [2.24, 2.45) is 0 Å². The van der Waals surface area contributed by atoms with E-state index in [9.17, 15) is 4.79 Å². The van der Waals surface area contributed by atoms with Crippen molar-refractivity contribution >= 4 is 27.9 Å². The highest BCUT2D eigenvalue weighted by Gasteiger charge is 2.21. The second-order valence-electron chi connectivity index (χ2n) is 5.43. The number of carbonyl (C=O) groups is 1. The van der Waals surface area contributed by atoms with Crippen LogP contribution in [0.3, 0.4) is 0 Å². The molecule has 1 fully saturated rings. The van der Waals surface area contributed by atoms with E-state index in [2.05, 4.69) is 15.6 Å². The van der Waals surface area contributed by atoms with E-state index < -0.39 is 0 Å². The molecule has 0 unspecified atom stereocenters. The molecule has 0 aliphatic carbocycles. The van der Waals surface area contributed by atoms with Gasteiger partial charge in [0, 0.05) is 29.0 Å². The molecule has 0 radical (unpaired) electrons. The number of amides is 1. The third kappa shape index (κ3) is 2.51. The molecule has 22 heavy (non-hydrogen) atoms. The SMILES string of the molecule is O=C(Nc1ccc(-c2cn3ccsc3n2)cc1)[C@@H]1CCCN1. The lowest BCUT2D eigenvalue weighted by molar-refractivity contribution is -0.117. The Balaban J connectivity index is 1.50. The maximum Gasteiger partial charge on any atom is 0.241 e. The van der Waals surface area contributed by atoms with E-state index in [1.807, 2.05) is 46.4 Å². The average Bonchev–Trinajstić information content (AvgIpc) is 3.24. The fourth-order valence-electron chi connectivity index (χ4n) is 2.73. The molecule has 1 atom stereocenters. The maximum absolute atomic E-state index is 12.1. The van der Waals surface area contributed by atoms with Crippen LogP contribution in [0, 0.1) is 0 Å². The van der Waals surface area contributed by atoms with Crippen molar-refractivity contribution in [2.75, 3.05) is 11.9 Å². The number of nitrogens with zero attached hydrogens (tertiary/aromatic N) is 2. The second-order valence-corrected chi connectivity index (χ2v) is 6.31. The molecule has 4 rings (SSSR count). The minimum Gasteiger partial charge on any atom is -0.325 e. The molecule has 0 saturated carbocycles. The van der Waals surface area contributed by atoms with Crippen LogP contribution in [0.15, 0.2) is 42.0 Å². The molecule has 112 valence electrons. The van der Waals surface area contributed by atoms with Gasteiger partial charge in [0.1, 0.15) is 0 Å². The number of rotatable bonds is 3. The van der Waals surface area contributed by atoms with E-state index >= 15 is 0 Å². The molecule has 1 aliphatic heterocycles. The Morgan fingerprint density at radius 3 is 2.95 bits per heavy atom. The number of carbonyl (C=O) groups excluding carboxylic acids is 1. The molecule has 1 aliphatic rings. The summed E-state index contributed by atoms with van der Waals surface area (Å²) in [6, 6.07) is 7.78. The molecule has 0 bridgehead atoms. The normalized spacial score (nSPS) is 17.9. The minimum absolute atomic E-state index is 0.0488. The smallest absolute Gasteiger partial charge is 0.241 e. The molecule has 1 saturated heterocycles. The monoisotopic (exact) mass is 312 g/mol. The lowest BCUT2D eigenvalue weighted by atomic mass is 10.1. The topological polar surface area (TPSA) is 58.4 Å². The van der Waals surface area contributed by atoms with E-state index in [0.29, 0.717) is 0 Å². The summed E-state index contributed by atoms with van der Waals surface area (Å²) in [4.78, 5) is 17.6. The predicted octanol–water partition coefficient (Wildman–Crippen LogP) is 2.75. The molecule has 3 heterocycles. The summed E-state index contributed by atoms with van der Waals surface area (Å²) in [6.07, 6.45) is 5.99. The van der Waals surface area contributed by atoms with Gasteiger partial charge in [-0.2, -0.15) is 0 Å². The highest BCUT2D eigenvalue weighted by molar-refractivity contribution is 7.15. The van der Waals surface area contributed by atoms with Gasteiger partial charge in [-0.05, 0) is 31.5 Å². The largest absolute Gasteiger partial charge is 0.325 e. The lowest BCUT2D eigenvalue weighted by Crippen LogP contribution is -2.35. The van der Waals surface area contributed by atoms with Gasteiger partial charge in [0.2, 0.25) is 5.91 Å². The predicted molar refractivity (Wildman–Crippen MR) is 88.2 cm³/mol. The van der Waals surface area contributed by atoms with Crippen molar-refractivity contribution in [3.8, 4) is 11.3 Å². The zero-order chi connectivity index (χ0) is 14.9. The Morgan fingerprint density at radius 1 is 1.36 bits per heavy atom. The molecule has 1 amide bonds. The Labute approximate surface area is 132 Å². The van der Waals surface area contributed by atoms with Crippen LogP contribution in [0.2, 0.25) is 0 Å². The number of thiazole rings is 1. The van der Waals surface area contributed by atoms with Crippen molar-refractivity contribution in [1.82, 2.24) is 14.7 Å². The van der Waals surface area contributed by atoms with Crippen molar-refractivity contribution < 1.29 is 4.79 Å². The molecular formula is C16H16N4OS. The summed E-state index contributed by atoms with van der Waals surface area (Å²) in [5, 5.41) is 8.18. The third-order valence-corrected chi connectivity index (χ3v) is 4.69. The number of benzene rings is 1. The van der Waals surface area contributed by atoms with Crippen molar-refractivity contribution in [3.63, 3.8) is 0 Å². The van der Waals surface area contributed by atoms with Crippen LogP contribution in [-0.2, 0) is 4.79 Å². The first-order chi connectivity index (χ1) is 10.8. The summed E-state index contributed by atoms with van der Waals surface area (Å²) in [5.74, 6) is 0.0488. The Bertz CT molecular complexity index is 771. The molecule has 2 N–H and O–H groups in total. The van der Waals surface area contributed by atoms with Gasteiger partial charge in [-0.3, -0.25) is 9.20 Å². The summed E-state index contributed by atoms with van der Waals surface area (Å²) in [7, 11) is 0. The van der Waals surface area contributed by atoms with Gasteiger partial charge in [0.05, 0.1) is 11.7 Å². The van der Waals surface area contributed by atoms with E-state index in [0.717, 1.165) is 41.3 Å². The Kier molecular flexibility index (Phi) is 3.40. The van der Waals surface area contributed by atoms with E-state index in [-0.39, 0.29) is 11.9 Å². The van der Waals surface area contributed by atoms with E-state index in [1.165, 1.54) is 0 Å². The van der Waals surface area contributed by atoms with Crippen molar-refractivity contribution in [2.45, 2.75) is 18.9 Å². The summed E-state index contributed by atoms with van der Waals surface area (Å²) in [5.41, 5.74) is 2.82. The first-order valence-corrected chi connectivity index (χ1v) is 8.24. The first kappa shape index (κ1) is 13.5. The van der Waals surface area contributed by atoms with Crippen LogP contribution in [0.1, 0.15) is 12.8 Å². The van der Waals surface area contributed by atoms with Gasteiger partial charge in [0.25, 0.3) is 0 Å². The second kappa shape index (κ2) is 5.55. The highest BCUT2D eigenvalue weighted by atomic mass is 32.1. The fourth-order valence-corrected chi connectivity index (χ4v) is 3.43. The van der Waals surface area contributed by atoms with Gasteiger partial charge >= 0.3 is 0 Å². The van der Waals surface area contributed by atoms with Crippen LogP contribution in [-0.4, -0.2) is 27.9 Å². The van der Waals surface area contributed by atoms with Gasteiger partial charge in [0.15, 0.2) is 4.96 Å². The Hall–Kier alpha value is -2.18. The number of fused-ring (bicyclic) bond motifs is 1. The van der Waals surface area contributed by atoms with Crippen LogP contribution in [0.4, 0.5) is 5.69 Å². The first-order valence-electron chi connectivity index (χ1n) is 7.36. The number of aromatic nitrogens is 2. The maximum atomic E-state index is 12.1. The van der Waals surface area contributed by atoms with Gasteiger partial charge in [-0.15, -0.1) is 11.3 Å². The summed E-state index contributed by atoms with van der Waals surface area (Å²) >= 11 is 1.62. The van der Waals surface area contributed by atoms with Gasteiger partial charge in [-0.25, -0.2) is 4.98 Å². The number of nitrogens with one attached hydrogen (secondary N) is 2. The number of anilines is 1. The van der Waals surface area contributed by atoms with Crippen LogP contribution in [0.5, 0.6) is 0 Å². The standard InChI is InChI=1S/C16H16N4OS/c21-15(13-2-1-7-17-13)18-12-5-3-11(4-6-12)14-10-20-8-9-22-16(20)19-14/h3-6,8-10,13,17H,1-2,7H2,(H,18,21)/t13-/m0/s1. The zero-order valence-electron chi connectivity index (χ0n) is 12.0. The van der Waals surface area contributed by atoms with Gasteiger partial charge in [-0.1, -0.05) is 12.1 Å². The number of hydrogen-bond donors (Lipinski definition) is 2. The van der Waals surface area contributed by atoms with Crippen LogP contribution in [0.25, 0.3) is 16.2 Å². The van der Waals surface area contributed by atoms with Crippen LogP contribution < -0.4 is 10.6 Å². The molecule has 0 spiro atoms. The summed E-state index contributed by atoms with van der Waals surface area (Å²) < 4.78 is 2.02. The quantitative estimate of drug-likeness (QED) is 0.782. The number of imidazole rings is 1. The minimum atomic E-state index is -0.0559. The zero-order valence-corrected chi connectivity index (χ0v) is 12.8. The lowest BCUT2D eigenvalue weighted by Gasteiger charge is -2.11. The van der Waals surface area contributed by atoms with Crippen molar-refractivity contribution in [3.05, 3.63) is 42.0 Å². The highest BCUT2D eigenvalue weighted by Crippen LogP contribution is 2.23.